The Balaban J connectivity index is 3.00. The number of nitrogens with one attached hydrogen (secondary N) is 1. The molecule has 0 aromatic heterocycles. The molecule has 1 amide bonds. The van der Waals surface area contributed by atoms with Crippen LogP contribution in [0.5, 0.6) is 5.75 Å². The van der Waals surface area contributed by atoms with E-state index in [-0.39, 0.29) is 18.2 Å². The number of carbonyl (C=O) groups is 1. The van der Waals surface area contributed by atoms with Crippen LogP contribution in [-0.2, 0) is 4.79 Å². The maximum absolute atomic E-state index is 11.9. The topological polar surface area (TPSA) is 75.3 Å². The summed E-state index contributed by atoms with van der Waals surface area (Å²) in [5, 5.41) is 12.6. The number of phenolic OH excluding ortho intramolecular Hbond substituents is 1. The molecule has 1 aromatic rings. The molecule has 4 nitrogen and oxygen atoms in total. The molecule has 17 heavy (non-hydrogen) atoms. The van der Waals surface area contributed by atoms with Gasteiger partial charge in [-0.2, -0.15) is 0 Å². The first kappa shape index (κ1) is 13.5. The first-order valence-electron chi connectivity index (χ1n) is 5.59. The van der Waals surface area contributed by atoms with Crippen molar-refractivity contribution >= 4 is 11.6 Å². The number of rotatable bonds is 3. The van der Waals surface area contributed by atoms with Gasteiger partial charge in [0.25, 0.3) is 0 Å². The van der Waals surface area contributed by atoms with Crippen LogP contribution in [0.4, 0.5) is 5.69 Å². The number of aromatic hydroxyl groups is 1. The Morgan fingerprint density at radius 3 is 2.53 bits per heavy atom. The first-order valence-corrected chi connectivity index (χ1v) is 5.59. The SMILES string of the molecule is Cc1cc(C)c(O)c(NC(=O)C(C)(C)CN)c1. The summed E-state index contributed by atoms with van der Waals surface area (Å²) in [6.45, 7) is 7.50. The van der Waals surface area contributed by atoms with Crippen molar-refractivity contribution in [3.8, 4) is 5.75 Å². The van der Waals surface area contributed by atoms with Gasteiger partial charge in [0.2, 0.25) is 5.91 Å². The third kappa shape index (κ3) is 2.97. The highest BCUT2D eigenvalue weighted by atomic mass is 16.3. The molecular weight excluding hydrogens is 216 g/mol. The zero-order valence-corrected chi connectivity index (χ0v) is 10.8. The van der Waals surface area contributed by atoms with Crippen LogP contribution in [0.15, 0.2) is 12.1 Å². The van der Waals surface area contributed by atoms with Crippen LogP contribution in [0.2, 0.25) is 0 Å². The molecule has 94 valence electrons. The minimum Gasteiger partial charge on any atom is -0.505 e. The van der Waals surface area contributed by atoms with Crippen LogP contribution in [0.1, 0.15) is 25.0 Å². The highest BCUT2D eigenvalue weighted by Gasteiger charge is 2.26. The maximum atomic E-state index is 11.9. The van der Waals surface area contributed by atoms with Gasteiger partial charge in [-0.1, -0.05) is 6.07 Å². The van der Waals surface area contributed by atoms with E-state index in [1.165, 1.54) is 0 Å². The molecule has 0 unspecified atom stereocenters. The van der Waals surface area contributed by atoms with E-state index in [1.54, 1.807) is 26.8 Å². The average molecular weight is 236 g/mol. The summed E-state index contributed by atoms with van der Waals surface area (Å²) >= 11 is 0. The number of aryl methyl sites for hydroxylation is 2. The van der Waals surface area contributed by atoms with Gasteiger partial charge in [0.05, 0.1) is 11.1 Å². The van der Waals surface area contributed by atoms with Crippen LogP contribution in [0.25, 0.3) is 0 Å². The second-order valence-electron chi connectivity index (χ2n) is 5.02. The lowest BCUT2D eigenvalue weighted by Crippen LogP contribution is -2.37. The number of hydrogen-bond acceptors (Lipinski definition) is 3. The molecule has 4 heteroatoms. The number of carbonyl (C=O) groups excluding carboxylic acids is 1. The van der Waals surface area contributed by atoms with Crippen LogP contribution in [0.3, 0.4) is 0 Å². The highest BCUT2D eigenvalue weighted by molar-refractivity contribution is 5.96. The zero-order chi connectivity index (χ0) is 13.2. The van der Waals surface area contributed by atoms with E-state index < -0.39 is 5.41 Å². The molecule has 4 N–H and O–H groups in total. The van der Waals surface area contributed by atoms with Crippen molar-refractivity contribution < 1.29 is 9.90 Å². The number of nitrogens with two attached hydrogens (primary N) is 1. The van der Waals surface area contributed by atoms with E-state index in [0.29, 0.717) is 5.69 Å². The van der Waals surface area contributed by atoms with Crippen molar-refractivity contribution in [2.75, 3.05) is 11.9 Å². The van der Waals surface area contributed by atoms with Gasteiger partial charge in [0.1, 0.15) is 5.75 Å². The second-order valence-corrected chi connectivity index (χ2v) is 5.02. The fourth-order valence-corrected chi connectivity index (χ4v) is 1.44. The Bertz CT molecular complexity index is 439. The van der Waals surface area contributed by atoms with Gasteiger partial charge in [-0.15, -0.1) is 0 Å². The van der Waals surface area contributed by atoms with E-state index in [1.807, 2.05) is 13.0 Å². The smallest absolute Gasteiger partial charge is 0.231 e. The fourth-order valence-electron chi connectivity index (χ4n) is 1.44. The van der Waals surface area contributed by atoms with Crippen molar-refractivity contribution in [2.24, 2.45) is 11.1 Å². The first-order chi connectivity index (χ1) is 7.77. The minimum atomic E-state index is -0.649. The van der Waals surface area contributed by atoms with E-state index in [9.17, 15) is 9.90 Å². The van der Waals surface area contributed by atoms with Gasteiger partial charge >= 0.3 is 0 Å². The summed E-state index contributed by atoms with van der Waals surface area (Å²) in [5.41, 5.74) is 7.05. The molecule has 1 aromatic carbocycles. The van der Waals surface area contributed by atoms with Gasteiger partial charge in [0.15, 0.2) is 0 Å². The summed E-state index contributed by atoms with van der Waals surface area (Å²) in [6, 6.07) is 3.60. The van der Waals surface area contributed by atoms with Crippen LogP contribution in [-0.4, -0.2) is 17.6 Å². The predicted octanol–water partition coefficient (Wildman–Crippen LogP) is 1.93. The van der Waals surface area contributed by atoms with Gasteiger partial charge in [-0.25, -0.2) is 0 Å². The van der Waals surface area contributed by atoms with E-state index in [4.69, 9.17) is 5.73 Å². The third-order valence-corrected chi connectivity index (χ3v) is 2.82. The Morgan fingerprint density at radius 2 is 2.00 bits per heavy atom. The lowest BCUT2D eigenvalue weighted by atomic mass is 9.92. The lowest BCUT2D eigenvalue weighted by Gasteiger charge is -2.22. The van der Waals surface area contributed by atoms with E-state index in [2.05, 4.69) is 5.32 Å². The van der Waals surface area contributed by atoms with Crippen molar-refractivity contribution in [1.82, 2.24) is 0 Å². The highest BCUT2D eigenvalue weighted by Crippen LogP contribution is 2.30. The van der Waals surface area contributed by atoms with Crippen molar-refractivity contribution in [2.45, 2.75) is 27.7 Å². The second kappa shape index (κ2) is 4.75. The quantitative estimate of drug-likeness (QED) is 0.702. The molecule has 0 saturated heterocycles. The van der Waals surface area contributed by atoms with Gasteiger partial charge in [-0.3, -0.25) is 4.79 Å². The molecular formula is C13H20N2O2. The normalized spacial score (nSPS) is 11.4. The summed E-state index contributed by atoms with van der Waals surface area (Å²) in [7, 11) is 0. The lowest BCUT2D eigenvalue weighted by molar-refractivity contribution is -0.123. The zero-order valence-electron chi connectivity index (χ0n) is 10.8. The van der Waals surface area contributed by atoms with Crippen LogP contribution < -0.4 is 11.1 Å². The van der Waals surface area contributed by atoms with E-state index in [0.717, 1.165) is 11.1 Å². The van der Waals surface area contributed by atoms with Gasteiger partial charge in [-0.05, 0) is 44.9 Å². The summed E-state index contributed by atoms with van der Waals surface area (Å²) in [5.74, 6) is -0.0860. The molecule has 0 saturated carbocycles. The summed E-state index contributed by atoms with van der Waals surface area (Å²) < 4.78 is 0. The number of benzene rings is 1. The fraction of sp³-hybridized carbons (Fsp3) is 0.462. The summed E-state index contributed by atoms with van der Waals surface area (Å²) in [4.78, 5) is 11.9. The number of hydrogen-bond donors (Lipinski definition) is 3. The third-order valence-electron chi connectivity index (χ3n) is 2.82. The number of phenols is 1. The Morgan fingerprint density at radius 1 is 1.41 bits per heavy atom. The number of anilines is 1. The molecule has 1 rings (SSSR count). The van der Waals surface area contributed by atoms with Gasteiger partial charge < -0.3 is 16.2 Å². The van der Waals surface area contributed by atoms with Crippen LogP contribution >= 0.6 is 0 Å². The molecule has 0 heterocycles. The molecule has 0 atom stereocenters. The molecule has 0 aliphatic heterocycles. The summed E-state index contributed by atoms with van der Waals surface area (Å²) in [6.07, 6.45) is 0. The Kier molecular flexibility index (Phi) is 3.78. The maximum Gasteiger partial charge on any atom is 0.231 e. The predicted molar refractivity (Wildman–Crippen MR) is 69.0 cm³/mol. The van der Waals surface area contributed by atoms with Crippen molar-refractivity contribution in [3.63, 3.8) is 0 Å². The molecule has 0 fully saturated rings. The molecule has 0 aliphatic rings. The van der Waals surface area contributed by atoms with E-state index >= 15 is 0 Å². The Labute approximate surface area is 102 Å². The Hall–Kier alpha value is -1.55. The molecule has 0 bridgehead atoms. The standard InChI is InChI=1S/C13H20N2O2/c1-8-5-9(2)11(16)10(6-8)15-12(17)13(3,4)7-14/h5-6,16H,7,14H2,1-4H3,(H,15,17). The average Bonchev–Trinajstić information content (AvgIpc) is 2.25. The molecule has 0 spiro atoms. The molecule has 0 radical (unpaired) electrons. The van der Waals surface area contributed by atoms with Gasteiger partial charge in [0, 0.05) is 6.54 Å². The molecule has 0 aliphatic carbocycles. The van der Waals surface area contributed by atoms with Crippen LogP contribution in [0, 0.1) is 19.3 Å². The van der Waals surface area contributed by atoms with Crippen molar-refractivity contribution in [3.05, 3.63) is 23.3 Å². The largest absolute Gasteiger partial charge is 0.505 e. The monoisotopic (exact) mass is 236 g/mol. The minimum absolute atomic E-state index is 0.108. The number of amides is 1. The van der Waals surface area contributed by atoms with Crippen molar-refractivity contribution in [1.29, 1.82) is 0 Å².